The van der Waals surface area contributed by atoms with Crippen molar-refractivity contribution in [3.05, 3.63) is 134 Å². The quantitative estimate of drug-likeness (QED) is 0.0273. The maximum atomic E-state index is 14.0. The van der Waals surface area contributed by atoms with Crippen LogP contribution in [0.1, 0.15) is 88.9 Å². The molecule has 0 spiro atoms. The number of nitrogens with zero attached hydrogens (tertiary/aromatic N) is 18. The number of hydrogen-bond acceptors (Lipinski definition) is 28. The standard InChI is InChI=1S/C56H68N18O22/c1-9-35-45(93-52(81)32-18-14-11-15-19-32)42(92-51(80)31-16-12-10-13-17-31)25(3)53(88-35)82-23-38-47(95-54-39(67-73-61)41(83-26(4)75)24(2)36(89-54)21-63-69-57)50(87-30(8)79)56(91-38)96-49-43(84-27(5)76)33(65-71-59)20-34(66-72-60)44(49)94-55-40(68-74-62)48(86-29(7)78)46(85-28(6)77)37(90-55)22-64-70-58/h10-19,24-25,33-50,53-56H,9,20-23H2,1-8H3/t24-,25?,33-,34?,35?,36+,37?,38-,39?,40?,41?,42-,43?,44+,45+,46+,47+,48-,49-,50?,53-,54-,55+,56+/m1/s1. The second-order valence-electron chi connectivity index (χ2n) is 22.3. The summed E-state index contributed by atoms with van der Waals surface area (Å²) in [6, 6.07) is 9.30. The van der Waals surface area contributed by atoms with Gasteiger partial charge in [-0.25, -0.2) is 9.59 Å². The third-order valence-corrected chi connectivity index (χ3v) is 15.9. The van der Waals surface area contributed by atoms with Gasteiger partial charge < -0.3 is 71.1 Å². The first kappa shape index (κ1) is 73.7. The lowest BCUT2D eigenvalue weighted by molar-refractivity contribution is -0.311. The number of hydrogen-bond donors (Lipinski definition) is 0. The second kappa shape index (κ2) is 35.1. The van der Waals surface area contributed by atoms with E-state index in [0.29, 0.717) is 0 Å². The molecule has 0 aromatic heterocycles. The third kappa shape index (κ3) is 18.6. The Morgan fingerprint density at radius 3 is 1.35 bits per heavy atom. The zero-order chi connectivity index (χ0) is 69.8. The van der Waals surface area contributed by atoms with Gasteiger partial charge in [0.1, 0.15) is 60.9 Å². The predicted octanol–water partition coefficient (Wildman–Crippen LogP) is 7.59. The van der Waals surface area contributed by atoms with Crippen molar-refractivity contribution < 1.29 is 105 Å². The summed E-state index contributed by atoms with van der Waals surface area (Å²) < 4.78 is 93.3. The van der Waals surface area contributed by atoms with Gasteiger partial charge in [0.15, 0.2) is 49.6 Å². The van der Waals surface area contributed by atoms with E-state index >= 15 is 0 Å². The van der Waals surface area contributed by atoms with Crippen molar-refractivity contribution in [3.63, 3.8) is 0 Å². The highest BCUT2D eigenvalue weighted by atomic mass is 16.8. The molecule has 9 unspecified atom stereocenters. The first-order chi connectivity index (χ1) is 46.1. The highest BCUT2D eigenvalue weighted by molar-refractivity contribution is 5.90. The molecule has 0 radical (unpaired) electrons. The summed E-state index contributed by atoms with van der Waals surface area (Å²) in [5, 5.41) is 22.6. The molecule has 4 saturated heterocycles. The van der Waals surface area contributed by atoms with Crippen LogP contribution in [0.3, 0.4) is 0 Å². The summed E-state index contributed by atoms with van der Waals surface area (Å²) in [4.78, 5) is 110. The Balaban J connectivity index is 1.37. The van der Waals surface area contributed by atoms with Gasteiger partial charge >= 0.3 is 41.8 Å². The normalized spacial score (nSPS) is 33.6. The van der Waals surface area contributed by atoms with Crippen LogP contribution >= 0.6 is 0 Å². The molecule has 0 amide bonds. The van der Waals surface area contributed by atoms with Crippen molar-refractivity contribution in [2.24, 2.45) is 42.5 Å². The van der Waals surface area contributed by atoms with Gasteiger partial charge in [0.2, 0.25) is 0 Å². The molecular weight excluding hydrogens is 1280 g/mol. The number of ether oxygens (including phenoxy) is 15. The topological polar surface area (TPSA) is 551 Å². The molecule has 24 atom stereocenters. The van der Waals surface area contributed by atoms with Crippen molar-refractivity contribution in [2.45, 2.75) is 203 Å². The summed E-state index contributed by atoms with van der Waals surface area (Å²) >= 11 is 0. The summed E-state index contributed by atoms with van der Waals surface area (Å²) in [7, 11) is 0. The monoisotopic (exact) mass is 1340 g/mol. The molecule has 5 fully saturated rings. The second-order valence-corrected chi connectivity index (χ2v) is 22.3. The van der Waals surface area contributed by atoms with Crippen LogP contribution in [0.15, 0.2) is 91.3 Å². The average Bonchev–Trinajstić information content (AvgIpc) is 1.12. The molecule has 96 heavy (non-hydrogen) atoms. The van der Waals surface area contributed by atoms with E-state index in [2.05, 4.69) is 60.2 Å². The number of azide groups is 6. The van der Waals surface area contributed by atoms with Gasteiger partial charge in [-0.2, -0.15) is 0 Å². The van der Waals surface area contributed by atoms with E-state index in [1.807, 2.05) is 0 Å². The molecule has 2 aromatic rings. The van der Waals surface area contributed by atoms with Gasteiger partial charge in [-0.05, 0) is 70.3 Å². The lowest BCUT2D eigenvalue weighted by Gasteiger charge is -2.48. The van der Waals surface area contributed by atoms with E-state index in [9.17, 15) is 66.7 Å². The predicted molar refractivity (Wildman–Crippen MR) is 317 cm³/mol. The third-order valence-electron chi connectivity index (χ3n) is 15.9. The van der Waals surface area contributed by atoms with E-state index in [4.69, 9.17) is 71.1 Å². The maximum Gasteiger partial charge on any atom is 0.338 e. The van der Waals surface area contributed by atoms with Crippen LogP contribution in [0.2, 0.25) is 0 Å². The summed E-state index contributed by atoms with van der Waals surface area (Å²) in [5.41, 5.74) is 59.3. The van der Waals surface area contributed by atoms with Gasteiger partial charge in [-0.15, -0.1) is 0 Å². The molecule has 514 valence electrons. The lowest BCUT2D eigenvalue weighted by atomic mass is 9.83. The molecule has 4 heterocycles. The lowest BCUT2D eigenvalue weighted by Crippen LogP contribution is -2.65. The van der Waals surface area contributed by atoms with Gasteiger partial charge in [0.05, 0.1) is 55.1 Å². The molecule has 5 aliphatic rings. The van der Waals surface area contributed by atoms with Gasteiger partial charge in [-0.3, -0.25) is 24.0 Å². The Hall–Kier alpha value is -9.73. The van der Waals surface area contributed by atoms with Crippen molar-refractivity contribution in [1.82, 2.24) is 0 Å². The Morgan fingerprint density at radius 1 is 0.417 bits per heavy atom. The summed E-state index contributed by atoms with van der Waals surface area (Å²) in [6.07, 6.45) is -30.2. The first-order valence-electron chi connectivity index (χ1n) is 29.9. The van der Waals surface area contributed by atoms with E-state index < -0.39 is 215 Å². The molecule has 40 nitrogen and oxygen atoms in total. The van der Waals surface area contributed by atoms with Crippen molar-refractivity contribution in [2.75, 3.05) is 19.7 Å². The van der Waals surface area contributed by atoms with Crippen LogP contribution in [-0.2, 0) is 95.0 Å². The van der Waals surface area contributed by atoms with Gasteiger partial charge in [-0.1, -0.05) is 87.9 Å². The van der Waals surface area contributed by atoms with Crippen LogP contribution in [0.5, 0.6) is 0 Å². The Labute approximate surface area is 544 Å². The highest BCUT2D eigenvalue weighted by Gasteiger charge is 2.60. The molecule has 1 aliphatic carbocycles. The Kier molecular flexibility index (Phi) is 27.0. The zero-order valence-corrected chi connectivity index (χ0v) is 52.7. The van der Waals surface area contributed by atoms with Crippen LogP contribution in [-0.4, -0.2) is 196 Å². The number of benzene rings is 2. The number of carbonyl (C=O) groups excluding carboxylic acids is 7. The van der Waals surface area contributed by atoms with E-state index in [-0.39, 0.29) is 17.5 Å². The fourth-order valence-corrected chi connectivity index (χ4v) is 11.8. The SMILES string of the molecule is CCC1O[C@@H](OC[C@H]2O[C@@H](O[C@@H]3C(OC(C)=O)[C@H](N=[N+]=[N-])CC(N=[N+]=[N-])[C@@H]3O[C@@H]3OC(CN=[N+]=[N-])[C@H](OC(C)=O)[C@H](OC(C)=O)C3N=[N+]=[N-])C(OC(C)=O)[C@H]2O[C@H]2O[C@@H](CN=[N+]=[N-])[C@@H](C)C(OC(C)=O)C2N=[N+]=[N-])C(C)[C@@H](OC(=O)c2ccccc2)[C@H]1OC(=O)c1ccccc1. The molecule has 0 bridgehead atoms. The van der Waals surface area contributed by atoms with Crippen molar-refractivity contribution in [1.29, 1.82) is 0 Å². The largest absolute Gasteiger partial charge is 0.462 e. The molecule has 1 saturated carbocycles. The average molecular weight is 1350 g/mol. The van der Waals surface area contributed by atoms with Crippen LogP contribution in [0, 0.1) is 11.8 Å². The summed E-state index contributed by atoms with van der Waals surface area (Å²) in [5.74, 6) is -8.42. The molecule has 7 rings (SSSR count). The molecule has 2 aromatic carbocycles. The Morgan fingerprint density at radius 2 is 0.833 bits per heavy atom. The minimum atomic E-state index is -2.09. The fourth-order valence-electron chi connectivity index (χ4n) is 11.8. The van der Waals surface area contributed by atoms with Crippen LogP contribution in [0.25, 0.3) is 62.7 Å². The smallest absolute Gasteiger partial charge is 0.338 e. The molecule has 4 aliphatic heterocycles. The summed E-state index contributed by atoms with van der Waals surface area (Å²) in [6.45, 7) is 8.01. The molecule has 40 heteroatoms. The highest BCUT2D eigenvalue weighted by Crippen LogP contribution is 2.42. The van der Waals surface area contributed by atoms with Gasteiger partial charge in [0, 0.05) is 75.9 Å². The minimum absolute atomic E-state index is 0.122. The zero-order valence-electron chi connectivity index (χ0n) is 52.7. The van der Waals surface area contributed by atoms with E-state index in [1.165, 1.54) is 24.3 Å². The van der Waals surface area contributed by atoms with Crippen molar-refractivity contribution in [3.8, 4) is 0 Å². The number of carbonyl (C=O) groups is 7. The van der Waals surface area contributed by atoms with E-state index in [1.54, 1.807) is 57.2 Å². The first-order valence-corrected chi connectivity index (χ1v) is 29.9. The number of rotatable bonds is 27. The van der Waals surface area contributed by atoms with Crippen molar-refractivity contribution >= 4 is 41.8 Å². The molecular formula is C56H68N18O22. The van der Waals surface area contributed by atoms with Crippen LogP contribution < -0.4 is 0 Å². The number of esters is 7. The molecule has 0 N–H and O–H groups in total. The minimum Gasteiger partial charge on any atom is -0.462 e. The fraction of sp³-hybridized carbons (Fsp3) is 0.661. The maximum absolute atomic E-state index is 14.0. The Bertz CT molecular complexity index is 3400. The van der Waals surface area contributed by atoms with Gasteiger partial charge in [0.25, 0.3) is 0 Å². The van der Waals surface area contributed by atoms with E-state index in [0.717, 1.165) is 34.6 Å². The van der Waals surface area contributed by atoms with Crippen LogP contribution in [0.4, 0.5) is 0 Å².